The summed E-state index contributed by atoms with van der Waals surface area (Å²) < 4.78 is 28.1. The standard InChI is InChI=1S/C19H24ClNO3S2/c1-4-18(25-16-9-7-15(20)8-10-16)19(14(3)22)21-26(23,24)17-11-5-13(2)6-12-17/h5-12,14,18-19,21-22H,4H2,1-3H3/t14-,18+,19-/m0/s1. The Morgan fingerprint density at radius 1 is 1.12 bits per heavy atom. The minimum atomic E-state index is -3.72. The molecule has 2 rings (SSSR count). The molecule has 2 aromatic carbocycles. The van der Waals surface area contributed by atoms with Gasteiger partial charge in [0.1, 0.15) is 0 Å². The lowest BCUT2D eigenvalue weighted by Gasteiger charge is -2.29. The summed E-state index contributed by atoms with van der Waals surface area (Å²) in [7, 11) is -3.72. The van der Waals surface area contributed by atoms with Gasteiger partial charge in [0.2, 0.25) is 10.0 Å². The zero-order valence-electron chi connectivity index (χ0n) is 15.0. The Morgan fingerprint density at radius 2 is 1.69 bits per heavy atom. The third kappa shape index (κ3) is 5.72. The largest absolute Gasteiger partial charge is 0.392 e. The molecular weight excluding hydrogens is 390 g/mol. The van der Waals surface area contributed by atoms with Crippen molar-refractivity contribution >= 4 is 33.4 Å². The third-order valence-corrected chi connectivity index (χ3v) is 7.25. The fourth-order valence-corrected chi connectivity index (χ4v) is 5.36. The van der Waals surface area contributed by atoms with Gasteiger partial charge in [0.05, 0.1) is 17.0 Å². The average Bonchev–Trinajstić information content (AvgIpc) is 2.60. The third-order valence-electron chi connectivity index (χ3n) is 4.05. The molecule has 0 radical (unpaired) electrons. The maximum Gasteiger partial charge on any atom is 0.240 e. The molecule has 0 heterocycles. The first kappa shape index (κ1) is 21.3. The summed E-state index contributed by atoms with van der Waals surface area (Å²) >= 11 is 7.45. The van der Waals surface area contributed by atoms with E-state index in [4.69, 9.17) is 11.6 Å². The van der Waals surface area contributed by atoms with E-state index in [1.165, 1.54) is 11.8 Å². The maximum absolute atomic E-state index is 12.7. The van der Waals surface area contributed by atoms with Crippen molar-refractivity contribution in [3.63, 3.8) is 0 Å². The molecule has 0 saturated carbocycles. The molecule has 2 N–H and O–H groups in total. The topological polar surface area (TPSA) is 66.4 Å². The van der Waals surface area contributed by atoms with Crippen LogP contribution in [0.25, 0.3) is 0 Å². The molecule has 0 amide bonds. The molecule has 0 aliphatic carbocycles. The van der Waals surface area contributed by atoms with Crippen LogP contribution in [0.1, 0.15) is 25.8 Å². The first-order chi connectivity index (χ1) is 12.2. The average molecular weight is 414 g/mol. The highest BCUT2D eigenvalue weighted by Crippen LogP contribution is 2.30. The van der Waals surface area contributed by atoms with E-state index < -0.39 is 22.2 Å². The number of benzene rings is 2. The van der Waals surface area contributed by atoms with Crippen molar-refractivity contribution in [2.75, 3.05) is 0 Å². The SMILES string of the molecule is CC[C@@H](Sc1ccc(Cl)cc1)[C@@H](NS(=O)(=O)c1ccc(C)cc1)[C@H](C)O. The number of thioether (sulfide) groups is 1. The molecule has 0 saturated heterocycles. The predicted molar refractivity (Wildman–Crippen MR) is 108 cm³/mol. The number of aliphatic hydroxyl groups excluding tert-OH is 1. The number of hydrogen-bond acceptors (Lipinski definition) is 4. The Morgan fingerprint density at radius 3 is 2.19 bits per heavy atom. The van der Waals surface area contributed by atoms with E-state index in [0.29, 0.717) is 11.4 Å². The van der Waals surface area contributed by atoms with Crippen molar-refractivity contribution in [3.8, 4) is 0 Å². The summed E-state index contributed by atoms with van der Waals surface area (Å²) in [6.45, 7) is 5.48. The molecule has 3 atom stereocenters. The number of hydrogen-bond donors (Lipinski definition) is 2. The van der Waals surface area contributed by atoms with Crippen molar-refractivity contribution in [2.24, 2.45) is 0 Å². The molecule has 2 aromatic rings. The lowest BCUT2D eigenvalue weighted by molar-refractivity contribution is 0.153. The van der Waals surface area contributed by atoms with E-state index in [-0.39, 0.29) is 10.1 Å². The molecule has 7 heteroatoms. The minimum Gasteiger partial charge on any atom is -0.392 e. The first-order valence-electron chi connectivity index (χ1n) is 8.42. The fourth-order valence-electron chi connectivity index (χ4n) is 2.55. The van der Waals surface area contributed by atoms with Crippen LogP contribution in [0.3, 0.4) is 0 Å². The van der Waals surface area contributed by atoms with Gasteiger partial charge < -0.3 is 5.11 Å². The summed E-state index contributed by atoms with van der Waals surface area (Å²) in [5.74, 6) is 0. The molecule has 0 fully saturated rings. The van der Waals surface area contributed by atoms with Crippen LogP contribution < -0.4 is 4.72 Å². The van der Waals surface area contributed by atoms with Crippen molar-refractivity contribution < 1.29 is 13.5 Å². The van der Waals surface area contributed by atoms with Gasteiger partial charge >= 0.3 is 0 Å². The van der Waals surface area contributed by atoms with Gasteiger partial charge in [-0.05, 0) is 56.7 Å². The first-order valence-corrected chi connectivity index (χ1v) is 11.2. The number of nitrogens with one attached hydrogen (secondary N) is 1. The Balaban J connectivity index is 2.22. The highest BCUT2D eigenvalue weighted by atomic mass is 35.5. The highest BCUT2D eigenvalue weighted by molar-refractivity contribution is 8.00. The second kappa shape index (κ2) is 9.24. The van der Waals surface area contributed by atoms with Crippen molar-refractivity contribution in [2.45, 2.75) is 54.4 Å². The molecule has 0 spiro atoms. The Bertz CT molecular complexity index is 806. The predicted octanol–water partition coefficient (Wildman–Crippen LogP) is 4.25. The van der Waals surface area contributed by atoms with E-state index >= 15 is 0 Å². The normalized spacial score (nSPS) is 15.4. The number of aliphatic hydroxyl groups is 1. The molecule has 0 aromatic heterocycles. The second-order valence-electron chi connectivity index (χ2n) is 6.22. The van der Waals surface area contributed by atoms with Gasteiger partial charge in [-0.2, -0.15) is 0 Å². The molecule has 0 aliphatic rings. The van der Waals surface area contributed by atoms with E-state index in [1.54, 1.807) is 43.3 Å². The number of aryl methyl sites for hydroxylation is 1. The number of halogens is 1. The second-order valence-corrected chi connectivity index (χ2v) is 9.68. The Labute approximate surface area is 165 Å². The zero-order valence-corrected chi connectivity index (χ0v) is 17.4. The molecule has 0 bridgehead atoms. The van der Waals surface area contributed by atoms with Crippen LogP contribution in [-0.2, 0) is 10.0 Å². The van der Waals surface area contributed by atoms with Crippen LogP contribution in [-0.4, -0.2) is 30.9 Å². The summed E-state index contributed by atoms with van der Waals surface area (Å²) in [5.41, 5.74) is 0.987. The summed E-state index contributed by atoms with van der Waals surface area (Å²) in [6, 6.07) is 13.4. The Kier molecular flexibility index (Phi) is 7.55. The lowest BCUT2D eigenvalue weighted by Crippen LogP contribution is -2.48. The molecule has 0 aliphatic heterocycles. The molecule has 142 valence electrons. The molecule has 26 heavy (non-hydrogen) atoms. The molecule has 4 nitrogen and oxygen atoms in total. The quantitative estimate of drug-likeness (QED) is 0.635. The Hall–Kier alpha value is -1.05. The van der Waals surface area contributed by atoms with Gasteiger partial charge in [0, 0.05) is 15.2 Å². The highest BCUT2D eigenvalue weighted by Gasteiger charge is 2.30. The van der Waals surface area contributed by atoms with Crippen molar-refractivity contribution in [1.29, 1.82) is 0 Å². The molecular formula is C19H24ClNO3S2. The molecule has 0 unspecified atom stereocenters. The van der Waals surface area contributed by atoms with Crippen LogP contribution in [0.15, 0.2) is 58.3 Å². The van der Waals surface area contributed by atoms with E-state index in [1.807, 2.05) is 26.0 Å². The van der Waals surface area contributed by atoms with Gasteiger partial charge in [-0.25, -0.2) is 13.1 Å². The summed E-state index contributed by atoms with van der Waals surface area (Å²) in [6.07, 6.45) is -0.140. The minimum absolute atomic E-state index is 0.128. The van der Waals surface area contributed by atoms with E-state index in [9.17, 15) is 13.5 Å². The van der Waals surface area contributed by atoms with E-state index in [2.05, 4.69) is 4.72 Å². The van der Waals surface area contributed by atoms with E-state index in [0.717, 1.165) is 10.5 Å². The number of rotatable bonds is 8. The van der Waals surface area contributed by atoms with Crippen LogP contribution in [0, 0.1) is 6.92 Å². The van der Waals surface area contributed by atoms with Crippen LogP contribution >= 0.6 is 23.4 Å². The van der Waals surface area contributed by atoms with Gasteiger partial charge in [-0.15, -0.1) is 11.8 Å². The fraction of sp³-hybridized carbons (Fsp3) is 0.368. The summed E-state index contributed by atoms with van der Waals surface area (Å²) in [5, 5.41) is 10.7. The van der Waals surface area contributed by atoms with Crippen LogP contribution in [0.5, 0.6) is 0 Å². The van der Waals surface area contributed by atoms with Crippen molar-refractivity contribution in [3.05, 3.63) is 59.1 Å². The van der Waals surface area contributed by atoms with Gasteiger partial charge in [0.25, 0.3) is 0 Å². The van der Waals surface area contributed by atoms with Crippen LogP contribution in [0.2, 0.25) is 5.02 Å². The van der Waals surface area contributed by atoms with Crippen LogP contribution in [0.4, 0.5) is 0 Å². The smallest absolute Gasteiger partial charge is 0.240 e. The maximum atomic E-state index is 12.7. The van der Waals surface area contributed by atoms with Crippen molar-refractivity contribution in [1.82, 2.24) is 4.72 Å². The zero-order chi connectivity index (χ0) is 19.3. The van der Waals surface area contributed by atoms with Gasteiger partial charge in [-0.3, -0.25) is 0 Å². The summed E-state index contributed by atoms with van der Waals surface area (Å²) in [4.78, 5) is 1.17. The lowest BCUT2D eigenvalue weighted by atomic mass is 10.1. The monoisotopic (exact) mass is 413 g/mol. The number of sulfonamides is 1. The van der Waals surface area contributed by atoms with Gasteiger partial charge in [0.15, 0.2) is 0 Å². The van der Waals surface area contributed by atoms with Gasteiger partial charge in [-0.1, -0.05) is 36.2 Å².